The van der Waals surface area contributed by atoms with Gasteiger partial charge in [-0.05, 0) is 25.7 Å². The third kappa shape index (κ3) is 2.60. The summed E-state index contributed by atoms with van der Waals surface area (Å²) in [6.07, 6.45) is 5.90. The highest BCUT2D eigenvalue weighted by molar-refractivity contribution is 5.80. The number of hydrogen-bond acceptors (Lipinski definition) is 3. The van der Waals surface area contributed by atoms with Crippen molar-refractivity contribution in [2.45, 2.75) is 38.1 Å². The molecule has 2 saturated carbocycles. The first-order chi connectivity index (χ1) is 8.74. The van der Waals surface area contributed by atoms with E-state index in [2.05, 4.69) is 10.3 Å². The number of rotatable bonds is 5. The van der Waals surface area contributed by atoms with E-state index in [1.165, 1.54) is 0 Å². The summed E-state index contributed by atoms with van der Waals surface area (Å²) in [4.78, 5) is 27.5. The lowest BCUT2D eigenvalue weighted by Crippen LogP contribution is -2.31. The predicted molar refractivity (Wildman–Crippen MR) is 66.2 cm³/mol. The van der Waals surface area contributed by atoms with E-state index in [1.807, 2.05) is 0 Å². The average Bonchev–Trinajstić information content (AvgIpc) is 3.22. The number of nitrogens with zero attached hydrogens (tertiary/aromatic N) is 2. The van der Waals surface area contributed by atoms with Gasteiger partial charge in [-0.1, -0.05) is 0 Å². The summed E-state index contributed by atoms with van der Waals surface area (Å²) in [7, 11) is 0. The molecular weight excluding hydrogens is 230 g/mol. The van der Waals surface area contributed by atoms with Gasteiger partial charge in [0.2, 0.25) is 5.91 Å². The first kappa shape index (κ1) is 11.4. The van der Waals surface area contributed by atoms with Crippen molar-refractivity contribution in [3.8, 4) is 0 Å². The van der Waals surface area contributed by atoms with Crippen LogP contribution in [0.4, 0.5) is 0 Å². The van der Waals surface area contributed by atoms with Crippen LogP contribution in [-0.4, -0.2) is 22.0 Å². The molecule has 0 aliphatic heterocycles. The maximum absolute atomic E-state index is 11.8. The third-order valence-corrected chi connectivity index (χ3v) is 3.50. The molecule has 1 aromatic heterocycles. The van der Waals surface area contributed by atoms with Gasteiger partial charge < -0.3 is 5.32 Å². The molecule has 2 fully saturated rings. The number of aromatic nitrogens is 2. The van der Waals surface area contributed by atoms with Crippen molar-refractivity contribution in [3.05, 3.63) is 28.4 Å². The van der Waals surface area contributed by atoms with Gasteiger partial charge in [0, 0.05) is 31.0 Å². The Morgan fingerprint density at radius 2 is 2.17 bits per heavy atom. The summed E-state index contributed by atoms with van der Waals surface area (Å²) in [5.74, 6) is 0.838. The summed E-state index contributed by atoms with van der Waals surface area (Å²) in [6, 6.07) is 1.63. The van der Waals surface area contributed by atoms with E-state index in [9.17, 15) is 9.59 Å². The highest BCUT2D eigenvalue weighted by Crippen LogP contribution is 2.38. The van der Waals surface area contributed by atoms with E-state index in [0.717, 1.165) is 31.4 Å². The Labute approximate surface area is 105 Å². The summed E-state index contributed by atoms with van der Waals surface area (Å²) in [6.45, 7) is 0.995. The van der Waals surface area contributed by atoms with Gasteiger partial charge in [0.15, 0.2) is 0 Å². The van der Waals surface area contributed by atoms with Gasteiger partial charge in [0.05, 0.1) is 12.0 Å². The lowest BCUT2D eigenvalue weighted by atomic mass is 10.3. The quantitative estimate of drug-likeness (QED) is 0.830. The molecule has 0 unspecified atom stereocenters. The zero-order valence-corrected chi connectivity index (χ0v) is 10.3. The van der Waals surface area contributed by atoms with Gasteiger partial charge in [-0.3, -0.25) is 14.2 Å². The number of amides is 1. The largest absolute Gasteiger partial charge is 0.354 e. The first-order valence-corrected chi connectivity index (χ1v) is 6.58. The number of hydrogen-bond donors (Lipinski definition) is 1. The van der Waals surface area contributed by atoms with E-state index < -0.39 is 0 Å². The second-order valence-electron chi connectivity index (χ2n) is 5.18. The average molecular weight is 247 g/mol. The van der Waals surface area contributed by atoms with Crippen molar-refractivity contribution in [3.63, 3.8) is 0 Å². The van der Waals surface area contributed by atoms with Crippen molar-refractivity contribution >= 4 is 5.91 Å². The Morgan fingerprint density at radius 3 is 2.78 bits per heavy atom. The predicted octanol–water partition coefficient (Wildman–Crippen LogP) is 0.647. The molecule has 0 atom stereocenters. The van der Waals surface area contributed by atoms with E-state index in [-0.39, 0.29) is 17.4 Å². The SMILES string of the molecule is O=C(NCCn1cnc(C2CC2)cc1=O)C1CC1. The highest BCUT2D eigenvalue weighted by atomic mass is 16.2. The van der Waals surface area contributed by atoms with E-state index >= 15 is 0 Å². The molecule has 5 heteroatoms. The van der Waals surface area contributed by atoms with Gasteiger partial charge in [-0.25, -0.2) is 4.98 Å². The van der Waals surface area contributed by atoms with Crippen LogP contribution in [0.25, 0.3) is 0 Å². The molecule has 1 heterocycles. The summed E-state index contributed by atoms with van der Waals surface area (Å²) in [5.41, 5.74) is 0.894. The molecule has 2 aliphatic carbocycles. The molecule has 1 amide bonds. The maximum atomic E-state index is 11.8. The van der Waals surface area contributed by atoms with Gasteiger partial charge in [-0.15, -0.1) is 0 Å². The number of carbonyl (C=O) groups excluding carboxylic acids is 1. The Morgan fingerprint density at radius 1 is 1.39 bits per heavy atom. The minimum absolute atomic E-state index is 0.0208. The highest BCUT2D eigenvalue weighted by Gasteiger charge is 2.29. The molecule has 1 aromatic rings. The minimum Gasteiger partial charge on any atom is -0.354 e. The Bertz CT molecular complexity index is 515. The number of carbonyl (C=O) groups is 1. The van der Waals surface area contributed by atoms with Crippen molar-refractivity contribution in [1.82, 2.24) is 14.9 Å². The molecular formula is C13H17N3O2. The van der Waals surface area contributed by atoms with Crippen LogP contribution in [0, 0.1) is 5.92 Å². The summed E-state index contributed by atoms with van der Waals surface area (Å²) < 4.78 is 1.55. The smallest absolute Gasteiger partial charge is 0.253 e. The monoisotopic (exact) mass is 247 g/mol. The molecule has 0 radical (unpaired) electrons. The fourth-order valence-corrected chi connectivity index (χ4v) is 2.00. The van der Waals surface area contributed by atoms with Crippen LogP contribution < -0.4 is 10.9 Å². The second-order valence-corrected chi connectivity index (χ2v) is 5.18. The third-order valence-electron chi connectivity index (χ3n) is 3.50. The van der Waals surface area contributed by atoms with E-state index in [1.54, 1.807) is 17.0 Å². The van der Waals surface area contributed by atoms with Gasteiger partial charge >= 0.3 is 0 Å². The molecule has 2 aliphatic rings. The molecule has 96 valence electrons. The Kier molecular flexibility index (Phi) is 2.89. The van der Waals surface area contributed by atoms with Crippen LogP contribution in [0.5, 0.6) is 0 Å². The van der Waals surface area contributed by atoms with Gasteiger partial charge in [0.25, 0.3) is 5.56 Å². The molecule has 5 nitrogen and oxygen atoms in total. The van der Waals surface area contributed by atoms with Gasteiger partial charge in [-0.2, -0.15) is 0 Å². The molecule has 0 aromatic carbocycles. The Balaban J connectivity index is 1.55. The summed E-state index contributed by atoms with van der Waals surface area (Å²) in [5, 5.41) is 2.84. The van der Waals surface area contributed by atoms with Crippen molar-refractivity contribution in [2.75, 3.05) is 6.54 Å². The molecule has 1 N–H and O–H groups in total. The standard InChI is InChI=1S/C13H17N3O2/c17-12-7-11(9-1-2-9)15-8-16(12)6-5-14-13(18)10-3-4-10/h7-10H,1-6H2,(H,14,18). The molecule has 3 rings (SSSR count). The molecule has 0 saturated heterocycles. The molecule has 0 bridgehead atoms. The van der Waals surface area contributed by atoms with E-state index in [4.69, 9.17) is 0 Å². The van der Waals surface area contributed by atoms with Crippen LogP contribution in [0.15, 0.2) is 17.2 Å². The topological polar surface area (TPSA) is 64.0 Å². The van der Waals surface area contributed by atoms with Crippen LogP contribution in [0.1, 0.15) is 37.3 Å². The van der Waals surface area contributed by atoms with Gasteiger partial charge in [0.1, 0.15) is 0 Å². The maximum Gasteiger partial charge on any atom is 0.253 e. The molecule has 0 spiro atoms. The lowest BCUT2D eigenvalue weighted by Gasteiger charge is -2.07. The zero-order valence-electron chi connectivity index (χ0n) is 10.3. The summed E-state index contributed by atoms with van der Waals surface area (Å²) >= 11 is 0. The Hall–Kier alpha value is -1.65. The van der Waals surface area contributed by atoms with Crippen LogP contribution in [-0.2, 0) is 11.3 Å². The second kappa shape index (κ2) is 4.55. The van der Waals surface area contributed by atoms with Crippen LogP contribution >= 0.6 is 0 Å². The minimum atomic E-state index is -0.0208. The molecule has 18 heavy (non-hydrogen) atoms. The van der Waals surface area contributed by atoms with Crippen molar-refractivity contribution in [2.24, 2.45) is 5.92 Å². The fraction of sp³-hybridized carbons (Fsp3) is 0.615. The van der Waals surface area contributed by atoms with Crippen molar-refractivity contribution < 1.29 is 4.79 Å². The van der Waals surface area contributed by atoms with Crippen LogP contribution in [0.3, 0.4) is 0 Å². The lowest BCUT2D eigenvalue weighted by molar-refractivity contribution is -0.122. The fourth-order valence-electron chi connectivity index (χ4n) is 2.00. The van der Waals surface area contributed by atoms with E-state index in [0.29, 0.717) is 19.0 Å². The van der Waals surface area contributed by atoms with Crippen LogP contribution in [0.2, 0.25) is 0 Å². The first-order valence-electron chi connectivity index (χ1n) is 6.58. The normalized spacial score (nSPS) is 18.7. The number of nitrogens with one attached hydrogen (secondary N) is 1. The zero-order chi connectivity index (χ0) is 12.5. The van der Waals surface area contributed by atoms with Crippen molar-refractivity contribution in [1.29, 1.82) is 0 Å².